The van der Waals surface area contributed by atoms with Crippen molar-refractivity contribution in [3.63, 3.8) is 0 Å². The van der Waals surface area contributed by atoms with Crippen molar-refractivity contribution >= 4 is 41.0 Å². The second-order valence-electron chi connectivity index (χ2n) is 13.7. The molecule has 0 radical (unpaired) electrons. The van der Waals surface area contributed by atoms with Crippen LogP contribution in [-0.4, -0.2) is 93.9 Å². The van der Waals surface area contributed by atoms with Crippen molar-refractivity contribution in [2.24, 2.45) is 11.8 Å². The van der Waals surface area contributed by atoms with E-state index < -0.39 is 42.1 Å². The molecule has 12 nitrogen and oxygen atoms in total. The maximum atomic E-state index is 14.5. The van der Waals surface area contributed by atoms with Crippen molar-refractivity contribution in [2.45, 2.75) is 117 Å². The van der Waals surface area contributed by atoms with E-state index in [4.69, 9.17) is 4.74 Å². The summed E-state index contributed by atoms with van der Waals surface area (Å²) in [5.74, 6) is -2.85. The van der Waals surface area contributed by atoms with Crippen molar-refractivity contribution in [3.8, 4) is 0 Å². The largest absolute Gasteiger partial charge is 0.480 e. The lowest BCUT2D eigenvalue weighted by Gasteiger charge is -2.40. The summed E-state index contributed by atoms with van der Waals surface area (Å²) in [6, 6.07) is 6.44. The van der Waals surface area contributed by atoms with Crippen molar-refractivity contribution in [1.29, 1.82) is 0 Å². The Morgan fingerprint density at radius 3 is 2.36 bits per heavy atom. The van der Waals surface area contributed by atoms with Crippen LogP contribution in [0.4, 0.5) is 0 Å². The maximum Gasteiger partial charge on any atom is 0.326 e. The van der Waals surface area contributed by atoms with Gasteiger partial charge in [-0.05, 0) is 50.3 Å². The molecule has 1 fully saturated rings. The molecule has 3 amide bonds. The van der Waals surface area contributed by atoms with Crippen LogP contribution in [-0.2, 0) is 30.3 Å². The molecule has 2 heterocycles. The van der Waals surface area contributed by atoms with Gasteiger partial charge in [-0.1, -0.05) is 77.8 Å². The van der Waals surface area contributed by atoms with Gasteiger partial charge >= 0.3 is 11.9 Å². The number of carboxylic acids is 1. The fraction of sp³-hybridized carbons (Fsp3) is 0.622. The highest BCUT2D eigenvalue weighted by Gasteiger charge is 2.38. The van der Waals surface area contributed by atoms with Gasteiger partial charge in [0.1, 0.15) is 22.8 Å². The Bertz CT molecular complexity index is 1430. The van der Waals surface area contributed by atoms with E-state index >= 15 is 0 Å². The average molecular weight is 714 g/mol. The SMILES string of the molecule is CCCN(C(=O)[C@@H](NC(=O)[C@H]1CCCCN1C)C(C)CC)[C@H](C[C@@H](OC(C)=O)c1nc(C(=O)N[C@@H](Cc2ccccc2)C(=O)O)cs1)C(C)C. The van der Waals surface area contributed by atoms with Gasteiger partial charge in [-0.15, -0.1) is 11.3 Å². The first-order valence-electron chi connectivity index (χ1n) is 17.8. The summed E-state index contributed by atoms with van der Waals surface area (Å²) >= 11 is 1.13. The number of carbonyl (C=O) groups is 5. The molecular formula is C37H55N5O7S. The number of nitrogens with one attached hydrogen (secondary N) is 2. The third-order valence-electron chi connectivity index (χ3n) is 9.45. The predicted molar refractivity (Wildman–Crippen MR) is 193 cm³/mol. The number of hydrogen-bond acceptors (Lipinski definition) is 9. The van der Waals surface area contributed by atoms with Gasteiger partial charge in [0, 0.05) is 37.7 Å². The summed E-state index contributed by atoms with van der Waals surface area (Å²) in [5.41, 5.74) is 0.771. The first kappa shape index (κ1) is 40.6. The monoisotopic (exact) mass is 713 g/mol. The minimum Gasteiger partial charge on any atom is -0.480 e. The molecule has 6 atom stereocenters. The predicted octanol–water partition coefficient (Wildman–Crippen LogP) is 4.84. The summed E-state index contributed by atoms with van der Waals surface area (Å²) < 4.78 is 5.77. The maximum absolute atomic E-state index is 14.5. The average Bonchev–Trinajstić information content (AvgIpc) is 3.58. The number of ether oxygens (including phenoxy) is 1. The van der Waals surface area contributed by atoms with Gasteiger partial charge in [0.25, 0.3) is 5.91 Å². The summed E-state index contributed by atoms with van der Waals surface area (Å²) in [4.78, 5) is 73.9. The third-order valence-corrected chi connectivity index (χ3v) is 10.4. The van der Waals surface area contributed by atoms with Crippen LogP contribution in [0, 0.1) is 11.8 Å². The fourth-order valence-corrected chi connectivity index (χ4v) is 7.24. The van der Waals surface area contributed by atoms with Gasteiger partial charge in [-0.25, -0.2) is 9.78 Å². The number of thiazole rings is 1. The molecule has 0 bridgehead atoms. The van der Waals surface area contributed by atoms with Gasteiger partial charge in [0.2, 0.25) is 11.8 Å². The molecule has 1 aliphatic heterocycles. The molecule has 1 aromatic carbocycles. The Kier molecular flexibility index (Phi) is 15.8. The van der Waals surface area contributed by atoms with Crippen molar-refractivity contribution in [3.05, 3.63) is 52.0 Å². The van der Waals surface area contributed by atoms with Crippen LogP contribution in [0.5, 0.6) is 0 Å². The quantitative estimate of drug-likeness (QED) is 0.184. The zero-order valence-corrected chi connectivity index (χ0v) is 31.3. The van der Waals surface area contributed by atoms with E-state index in [9.17, 15) is 29.1 Å². The molecule has 2 aromatic rings. The Labute approximate surface area is 300 Å². The molecule has 1 aliphatic rings. The standard InChI is InChI=1S/C37H55N5O7S/c1-8-18-42(36(46)32(24(5)9-2)40-34(45)29-17-13-14-19-41(29)7)30(23(3)4)21-31(49-25(6)43)35-39-28(22-50-35)33(44)38-27(37(47)48)20-26-15-11-10-12-16-26/h10-12,15-16,22-24,27,29-32H,8-9,13-14,17-21H2,1-7H3,(H,38,44)(H,40,45)(H,47,48)/t24?,27-,29+,30+,31+,32-/m0/s1. The molecule has 1 saturated heterocycles. The number of carbonyl (C=O) groups excluding carboxylic acids is 4. The highest BCUT2D eigenvalue weighted by molar-refractivity contribution is 7.09. The van der Waals surface area contributed by atoms with E-state index in [1.807, 2.05) is 52.6 Å². The Balaban J connectivity index is 1.86. The van der Waals surface area contributed by atoms with Crippen molar-refractivity contribution < 1.29 is 33.8 Å². The van der Waals surface area contributed by atoms with Gasteiger partial charge < -0.3 is 25.4 Å². The van der Waals surface area contributed by atoms with Crippen LogP contribution in [0.15, 0.2) is 35.7 Å². The summed E-state index contributed by atoms with van der Waals surface area (Å²) in [6.07, 6.45) is 3.57. The Morgan fingerprint density at radius 2 is 1.78 bits per heavy atom. The molecule has 0 aliphatic carbocycles. The molecule has 1 aromatic heterocycles. The minimum atomic E-state index is -1.17. The number of amides is 3. The van der Waals surface area contributed by atoms with E-state index in [0.29, 0.717) is 24.4 Å². The first-order chi connectivity index (χ1) is 23.8. The van der Waals surface area contributed by atoms with E-state index in [1.165, 1.54) is 12.3 Å². The number of esters is 1. The zero-order chi connectivity index (χ0) is 37.0. The van der Waals surface area contributed by atoms with E-state index in [-0.39, 0.29) is 48.2 Å². The summed E-state index contributed by atoms with van der Waals surface area (Å²) in [7, 11) is 1.94. The second kappa shape index (κ2) is 19.5. The molecule has 3 N–H and O–H groups in total. The van der Waals surface area contributed by atoms with Crippen LogP contribution in [0.2, 0.25) is 0 Å². The number of carboxylic acid groups (broad SMARTS) is 1. The Morgan fingerprint density at radius 1 is 1.08 bits per heavy atom. The van der Waals surface area contributed by atoms with Crippen LogP contribution in [0.1, 0.15) is 107 Å². The molecule has 50 heavy (non-hydrogen) atoms. The molecule has 1 unspecified atom stereocenters. The van der Waals surface area contributed by atoms with Crippen LogP contribution in [0.3, 0.4) is 0 Å². The molecule has 3 rings (SSSR count). The number of aliphatic carboxylic acids is 1. The number of nitrogens with zero attached hydrogens (tertiary/aromatic N) is 3. The zero-order valence-electron chi connectivity index (χ0n) is 30.5. The fourth-order valence-electron chi connectivity index (χ4n) is 6.40. The van der Waals surface area contributed by atoms with E-state index in [1.54, 1.807) is 24.3 Å². The number of benzene rings is 1. The number of aromatic nitrogens is 1. The number of piperidine rings is 1. The molecule has 13 heteroatoms. The highest BCUT2D eigenvalue weighted by atomic mass is 32.1. The van der Waals surface area contributed by atoms with Crippen LogP contribution < -0.4 is 10.6 Å². The first-order valence-corrected chi connectivity index (χ1v) is 18.7. The van der Waals surface area contributed by atoms with E-state index in [0.717, 1.165) is 42.7 Å². The van der Waals surface area contributed by atoms with Gasteiger partial charge in [-0.3, -0.25) is 24.1 Å². The number of likely N-dealkylation sites (N-methyl/N-ethyl adjacent to an activating group) is 1. The molecule has 0 saturated carbocycles. The lowest BCUT2D eigenvalue weighted by molar-refractivity contribution is -0.149. The van der Waals surface area contributed by atoms with Crippen molar-refractivity contribution in [1.82, 2.24) is 25.4 Å². The molecule has 276 valence electrons. The minimum absolute atomic E-state index is 0.0104. The number of likely N-dealkylation sites (tertiary alicyclic amines) is 1. The number of rotatable bonds is 18. The summed E-state index contributed by atoms with van der Waals surface area (Å²) in [6.45, 7) is 12.5. The van der Waals surface area contributed by atoms with Crippen LogP contribution in [0.25, 0.3) is 0 Å². The lowest BCUT2D eigenvalue weighted by Crippen LogP contribution is -2.58. The topological polar surface area (TPSA) is 158 Å². The highest BCUT2D eigenvalue weighted by Crippen LogP contribution is 2.32. The summed E-state index contributed by atoms with van der Waals surface area (Å²) in [5, 5.41) is 17.3. The van der Waals surface area contributed by atoms with Gasteiger partial charge in [0.05, 0.1) is 6.04 Å². The van der Waals surface area contributed by atoms with E-state index in [2.05, 4.69) is 20.5 Å². The van der Waals surface area contributed by atoms with Crippen molar-refractivity contribution in [2.75, 3.05) is 20.1 Å². The second-order valence-corrected chi connectivity index (χ2v) is 14.6. The third kappa shape index (κ3) is 11.3. The van der Waals surface area contributed by atoms with Crippen LogP contribution >= 0.6 is 11.3 Å². The molecule has 0 spiro atoms. The normalized spacial score (nSPS) is 18.0. The van der Waals surface area contributed by atoms with Gasteiger partial charge in [-0.2, -0.15) is 0 Å². The van der Waals surface area contributed by atoms with Gasteiger partial charge in [0.15, 0.2) is 6.10 Å². The Hall–Kier alpha value is -3.84. The molecular weight excluding hydrogens is 659 g/mol. The lowest BCUT2D eigenvalue weighted by atomic mass is 9.92. The number of hydrogen-bond donors (Lipinski definition) is 3. The smallest absolute Gasteiger partial charge is 0.326 e.